The van der Waals surface area contributed by atoms with Crippen LogP contribution in [0.5, 0.6) is 0 Å². The van der Waals surface area contributed by atoms with Crippen molar-refractivity contribution in [3.05, 3.63) is 35.4 Å². The van der Waals surface area contributed by atoms with E-state index in [1.54, 1.807) is 0 Å². The Morgan fingerprint density at radius 3 is 2.82 bits per heavy atom. The number of carbonyl (C=O) groups is 1. The Morgan fingerprint density at radius 1 is 1.27 bits per heavy atom. The molecule has 1 aliphatic heterocycles. The van der Waals surface area contributed by atoms with E-state index in [1.807, 2.05) is 24.3 Å². The Labute approximate surface area is 131 Å². The monoisotopic (exact) mass is 303 g/mol. The Hall–Kier alpha value is -1.39. The summed E-state index contributed by atoms with van der Waals surface area (Å²) in [6.45, 7) is 1.73. The van der Waals surface area contributed by atoms with Crippen LogP contribution in [0.1, 0.15) is 49.3 Å². The molecule has 2 N–H and O–H groups in total. The lowest BCUT2D eigenvalue weighted by atomic mass is 9.94. The largest absolute Gasteiger partial charge is 0.386 e. The molecule has 1 aromatic carbocycles. The van der Waals surface area contributed by atoms with E-state index in [1.165, 1.54) is 0 Å². The summed E-state index contributed by atoms with van der Waals surface area (Å²) in [5.41, 5.74) is 2.09. The normalized spacial score (nSPS) is 25.0. The molecule has 0 radical (unpaired) electrons. The second-order valence-electron chi connectivity index (χ2n) is 6.47. The fraction of sp³-hybridized carbons (Fsp3) is 0.611. The van der Waals surface area contributed by atoms with E-state index < -0.39 is 6.10 Å². The standard InChI is InChI=1S/C18H25NO3/c20-17(7-3-4-13-8-10-22-11-9-13)19-16-12-14-5-1-2-6-15(14)18(16)21/h1-2,5-6,13,16,18,21H,3-4,7-12H2,(H,19,20)/t16-,18-/m0/s1. The number of aliphatic hydroxyl groups excluding tert-OH is 1. The molecular formula is C18H25NO3. The fourth-order valence-electron chi connectivity index (χ4n) is 3.57. The van der Waals surface area contributed by atoms with Gasteiger partial charge >= 0.3 is 0 Å². The van der Waals surface area contributed by atoms with Gasteiger partial charge < -0.3 is 15.2 Å². The zero-order valence-corrected chi connectivity index (χ0v) is 13.0. The molecule has 4 heteroatoms. The minimum absolute atomic E-state index is 0.0592. The minimum atomic E-state index is -0.573. The molecule has 1 fully saturated rings. The summed E-state index contributed by atoms with van der Waals surface area (Å²) in [6.07, 6.45) is 4.98. The number of hydrogen-bond acceptors (Lipinski definition) is 3. The van der Waals surface area contributed by atoms with Gasteiger partial charge in [0.1, 0.15) is 0 Å². The van der Waals surface area contributed by atoms with E-state index >= 15 is 0 Å². The summed E-state index contributed by atoms with van der Waals surface area (Å²) < 4.78 is 5.35. The lowest BCUT2D eigenvalue weighted by Gasteiger charge is -2.22. The predicted octanol–water partition coefficient (Wildman–Crippen LogP) is 2.36. The van der Waals surface area contributed by atoms with Crippen LogP contribution >= 0.6 is 0 Å². The summed E-state index contributed by atoms with van der Waals surface area (Å²) >= 11 is 0. The Bertz CT molecular complexity index is 511. The first kappa shape index (κ1) is 15.5. The molecule has 1 amide bonds. The zero-order chi connectivity index (χ0) is 15.4. The van der Waals surface area contributed by atoms with Crippen molar-refractivity contribution in [3.63, 3.8) is 0 Å². The molecule has 3 rings (SSSR count). The van der Waals surface area contributed by atoms with Gasteiger partial charge in [-0.1, -0.05) is 24.3 Å². The van der Waals surface area contributed by atoms with Crippen molar-refractivity contribution in [2.24, 2.45) is 5.92 Å². The first-order valence-electron chi connectivity index (χ1n) is 8.37. The second kappa shape index (κ2) is 7.25. The molecule has 0 bridgehead atoms. The van der Waals surface area contributed by atoms with E-state index in [9.17, 15) is 9.90 Å². The second-order valence-corrected chi connectivity index (χ2v) is 6.47. The van der Waals surface area contributed by atoms with Crippen molar-refractivity contribution in [2.75, 3.05) is 13.2 Å². The number of benzene rings is 1. The van der Waals surface area contributed by atoms with E-state index in [2.05, 4.69) is 5.32 Å². The molecule has 0 unspecified atom stereocenters. The Kier molecular flexibility index (Phi) is 5.11. The number of aliphatic hydroxyl groups is 1. The highest BCUT2D eigenvalue weighted by atomic mass is 16.5. The van der Waals surface area contributed by atoms with E-state index in [0.717, 1.165) is 56.4 Å². The zero-order valence-electron chi connectivity index (χ0n) is 13.0. The minimum Gasteiger partial charge on any atom is -0.386 e. The number of fused-ring (bicyclic) bond motifs is 1. The predicted molar refractivity (Wildman–Crippen MR) is 84.4 cm³/mol. The molecule has 0 spiro atoms. The summed E-state index contributed by atoms with van der Waals surface area (Å²) in [6, 6.07) is 7.70. The summed E-state index contributed by atoms with van der Waals surface area (Å²) in [5, 5.41) is 13.3. The van der Waals surface area contributed by atoms with Gasteiger partial charge in [0.25, 0.3) is 0 Å². The topological polar surface area (TPSA) is 58.6 Å². The van der Waals surface area contributed by atoms with Crippen molar-refractivity contribution in [1.29, 1.82) is 0 Å². The van der Waals surface area contributed by atoms with Gasteiger partial charge in [0, 0.05) is 19.6 Å². The van der Waals surface area contributed by atoms with Crippen LogP contribution in [0.25, 0.3) is 0 Å². The van der Waals surface area contributed by atoms with Crippen LogP contribution in [-0.4, -0.2) is 30.3 Å². The third-order valence-electron chi connectivity index (χ3n) is 4.90. The average molecular weight is 303 g/mol. The summed E-state index contributed by atoms with van der Waals surface area (Å²) in [5.74, 6) is 0.770. The third-order valence-corrected chi connectivity index (χ3v) is 4.90. The fourth-order valence-corrected chi connectivity index (χ4v) is 3.57. The Morgan fingerprint density at radius 2 is 2.05 bits per heavy atom. The number of carbonyl (C=O) groups excluding carboxylic acids is 1. The Balaban J connectivity index is 1.41. The molecular weight excluding hydrogens is 278 g/mol. The van der Waals surface area contributed by atoms with Gasteiger partial charge in [-0.3, -0.25) is 4.79 Å². The maximum absolute atomic E-state index is 12.1. The lowest BCUT2D eigenvalue weighted by Crippen LogP contribution is -2.37. The molecule has 1 heterocycles. The van der Waals surface area contributed by atoms with Gasteiger partial charge in [-0.05, 0) is 49.1 Å². The van der Waals surface area contributed by atoms with Gasteiger partial charge in [-0.25, -0.2) is 0 Å². The molecule has 4 nitrogen and oxygen atoms in total. The third kappa shape index (κ3) is 3.68. The van der Waals surface area contributed by atoms with Crippen LogP contribution in [0.2, 0.25) is 0 Å². The molecule has 0 aromatic heterocycles. The van der Waals surface area contributed by atoms with Crippen molar-refractivity contribution in [1.82, 2.24) is 5.32 Å². The van der Waals surface area contributed by atoms with Crippen molar-refractivity contribution >= 4 is 5.91 Å². The molecule has 1 aliphatic carbocycles. The van der Waals surface area contributed by atoms with Gasteiger partial charge in [0.2, 0.25) is 5.91 Å². The number of nitrogens with one attached hydrogen (secondary N) is 1. The van der Waals surface area contributed by atoms with Crippen LogP contribution in [0, 0.1) is 5.92 Å². The maximum atomic E-state index is 12.1. The van der Waals surface area contributed by atoms with Crippen molar-refractivity contribution in [3.8, 4) is 0 Å². The van der Waals surface area contributed by atoms with E-state index in [0.29, 0.717) is 12.3 Å². The van der Waals surface area contributed by atoms with Crippen LogP contribution in [0.4, 0.5) is 0 Å². The number of ether oxygens (including phenoxy) is 1. The first-order valence-corrected chi connectivity index (χ1v) is 8.37. The number of amides is 1. The van der Waals surface area contributed by atoms with Crippen molar-refractivity contribution in [2.45, 2.75) is 50.7 Å². The molecule has 2 aliphatic rings. The molecule has 1 aromatic rings. The van der Waals surface area contributed by atoms with E-state index in [4.69, 9.17) is 4.74 Å². The quantitative estimate of drug-likeness (QED) is 0.878. The molecule has 0 saturated carbocycles. The lowest BCUT2D eigenvalue weighted by molar-refractivity contribution is -0.122. The van der Waals surface area contributed by atoms with Gasteiger partial charge in [-0.2, -0.15) is 0 Å². The van der Waals surface area contributed by atoms with E-state index in [-0.39, 0.29) is 11.9 Å². The summed E-state index contributed by atoms with van der Waals surface area (Å²) in [4.78, 5) is 12.1. The van der Waals surface area contributed by atoms with Gasteiger partial charge in [0.05, 0.1) is 12.1 Å². The number of rotatable bonds is 5. The van der Waals surface area contributed by atoms with Crippen LogP contribution in [-0.2, 0) is 16.0 Å². The highest BCUT2D eigenvalue weighted by Gasteiger charge is 2.31. The molecule has 120 valence electrons. The highest BCUT2D eigenvalue weighted by Crippen LogP contribution is 2.31. The molecule has 2 atom stereocenters. The average Bonchev–Trinajstić information content (AvgIpc) is 2.85. The van der Waals surface area contributed by atoms with Crippen molar-refractivity contribution < 1.29 is 14.6 Å². The molecule has 1 saturated heterocycles. The van der Waals surface area contributed by atoms with Crippen LogP contribution < -0.4 is 5.32 Å². The highest BCUT2D eigenvalue weighted by molar-refractivity contribution is 5.76. The molecule has 22 heavy (non-hydrogen) atoms. The van der Waals surface area contributed by atoms with Crippen LogP contribution in [0.3, 0.4) is 0 Å². The smallest absolute Gasteiger partial charge is 0.220 e. The maximum Gasteiger partial charge on any atom is 0.220 e. The van der Waals surface area contributed by atoms with Crippen LogP contribution in [0.15, 0.2) is 24.3 Å². The first-order chi connectivity index (χ1) is 10.7. The number of hydrogen-bond donors (Lipinski definition) is 2. The van der Waals surface area contributed by atoms with Gasteiger partial charge in [0.15, 0.2) is 0 Å². The summed E-state index contributed by atoms with van der Waals surface area (Å²) in [7, 11) is 0. The SMILES string of the molecule is O=C(CCCC1CCOCC1)N[C@H]1Cc2ccccc2[C@@H]1O. The van der Waals surface area contributed by atoms with Gasteiger partial charge in [-0.15, -0.1) is 0 Å².